The lowest BCUT2D eigenvalue weighted by molar-refractivity contribution is -0.148. The Kier molecular flexibility index (Phi) is 7.13. The van der Waals surface area contributed by atoms with Gasteiger partial charge < -0.3 is 9.47 Å². The first-order chi connectivity index (χ1) is 12.9. The van der Waals surface area contributed by atoms with Crippen LogP contribution in [-0.2, 0) is 20.7 Å². The third kappa shape index (κ3) is 5.96. The van der Waals surface area contributed by atoms with Crippen molar-refractivity contribution >= 4 is 29.4 Å². The van der Waals surface area contributed by atoms with Gasteiger partial charge >= 0.3 is 5.97 Å². The molecule has 0 saturated carbocycles. The molecule has 0 aliphatic heterocycles. The molecule has 0 heterocycles. The molecule has 27 heavy (non-hydrogen) atoms. The number of halogens is 2. The van der Waals surface area contributed by atoms with Crippen LogP contribution in [0.2, 0.25) is 5.02 Å². The summed E-state index contributed by atoms with van der Waals surface area (Å²) < 4.78 is 23.4. The van der Waals surface area contributed by atoms with Crippen LogP contribution in [0, 0.1) is 5.82 Å². The Balaban J connectivity index is 1.80. The Morgan fingerprint density at radius 1 is 1.11 bits per heavy atom. The van der Waals surface area contributed by atoms with Crippen molar-refractivity contribution in [3.63, 3.8) is 0 Å². The molecule has 2 rings (SSSR count). The summed E-state index contributed by atoms with van der Waals surface area (Å²) in [4.78, 5) is 35.3. The van der Waals surface area contributed by atoms with Gasteiger partial charge in [-0.25, -0.2) is 4.39 Å². The van der Waals surface area contributed by atoms with Crippen molar-refractivity contribution in [3.8, 4) is 5.75 Å². The number of hydrazine groups is 1. The first-order valence-electron chi connectivity index (χ1n) is 7.72. The molecule has 7 nitrogen and oxygen atoms in total. The number of carbonyl (C=O) groups is 3. The zero-order valence-corrected chi connectivity index (χ0v) is 15.0. The maximum absolute atomic E-state index is 13.5. The first kappa shape index (κ1) is 20.2. The highest BCUT2D eigenvalue weighted by Gasteiger charge is 2.14. The number of ether oxygens (including phenoxy) is 2. The molecule has 2 N–H and O–H groups in total. The van der Waals surface area contributed by atoms with Gasteiger partial charge in [0.05, 0.1) is 19.1 Å². The molecule has 0 bridgehead atoms. The minimum Gasteiger partial charge on any atom is -0.496 e. The molecule has 0 unspecified atom stereocenters. The zero-order chi connectivity index (χ0) is 19.8. The molecule has 0 aliphatic rings. The van der Waals surface area contributed by atoms with Crippen LogP contribution in [0.1, 0.15) is 15.9 Å². The summed E-state index contributed by atoms with van der Waals surface area (Å²) in [5.74, 6) is -2.59. The van der Waals surface area contributed by atoms with Gasteiger partial charge in [0.2, 0.25) is 0 Å². The Morgan fingerprint density at radius 2 is 1.85 bits per heavy atom. The molecule has 0 spiro atoms. The second kappa shape index (κ2) is 9.54. The van der Waals surface area contributed by atoms with Crippen molar-refractivity contribution in [3.05, 3.63) is 64.4 Å². The van der Waals surface area contributed by atoms with Crippen molar-refractivity contribution in [2.24, 2.45) is 0 Å². The molecule has 0 atom stereocenters. The second-order valence-electron chi connectivity index (χ2n) is 5.28. The third-order valence-corrected chi connectivity index (χ3v) is 3.61. The number of nitrogens with one attached hydrogen (secondary N) is 2. The Hall–Kier alpha value is -3.13. The van der Waals surface area contributed by atoms with Crippen LogP contribution in [0.4, 0.5) is 4.39 Å². The monoisotopic (exact) mass is 394 g/mol. The fraction of sp³-hybridized carbons (Fsp3) is 0.167. The van der Waals surface area contributed by atoms with Crippen molar-refractivity contribution in [1.82, 2.24) is 10.9 Å². The van der Waals surface area contributed by atoms with Crippen LogP contribution in [0.15, 0.2) is 42.5 Å². The van der Waals surface area contributed by atoms with Crippen LogP contribution in [0.5, 0.6) is 5.75 Å². The summed E-state index contributed by atoms with van der Waals surface area (Å²) in [6.45, 7) is -0.626. The highest BCUT2D eigenvalue weighted by molar-refractivity contribution is 6.30. The maximum Gasteiger partial charge on any atom is 0.310 e. The minimum absolute atomic E-state index is 0.154. The van der Waals surface area contributed by atoms with Gasteiger partial charge in [0.25, 0.3) is 11.8 Å². The molecule has 0 saturated heterocycles. The number of amides is 2. The van der Waals surface area contributed by atoms with E-state index in [0.29, 0.717) is 16.3 Å². The Bertz CT molecular complexity index is 859. The van der Waals surface area contributed by atoms with Crippen molar-refractivity contribution in [1.29, 1.82) is 0 Å². The number of carbonyl (C=O) groups excluding carboxylic acids is 3. The number of benzene rings is 2. The van der Waals surface area contributed by atoms with E-state index in [0.717, 1.165) is 6.07 Å². The second-order valence-corrected chi connectivity index (χ2v) is 5.71. The Morgan fingerprint density at radius 3 is 2.56 bits per heavy atom. The van der Waals surface area contributed by atoms with Gasteiger partial charge in [0, 0.05) is 10.6 Å². The molecule has 9 heteroatoms. The summed E-state index contributed by atoms with van der Waals surface area (Å²) in [5, 5.41) is 0.423. The standard InChI is InChI=1S/C18H16ClFN2O5/c1-26-15-7-6-12(19)8-11(15)9-17(24)27-10-16(23)21-22-18(25)13-4-2-3-5-14(13)20/h2-8H,9-10H2,1H3,(H,21,23)(H,22,25). The lowest BCUT2D eigenvalue weighted by Gasteiger charge is -2.10. The number of esters is 1. The van der Waals surface area contributed by atoms with Gasteiger partial charge in [-0.15, -0.1) is 0 Å². The third-order valence-electron chi connectivity index (χ3n) is 3.38. The van der Waals surface area contributed by atoms with E-state index in [1.165, 1.54) is 25.3 Å². The molecule has 0 aromatic heterocycles. The largest absolute Gasteiger partial charge is 0.496 e. The lowest BCUT2D eigenvalue weighted by atomic mass is 10.1. The maximum atomic E-state index is 13.5. The van der Waals surface area contributed by atoms with E-state index >= 15 is 0 Å². The van der Waals surface area contributed by atoms with Gasteiger partial charge in [-0.05, 0) is 30.3 Å². The molecule has 2 aromatic rings. The van der Waals surface area contributed by atoms with Crippen molar-refractivity contribution in [2.75, 3.05) is 13.7 Å². The SMILES string of the molecule is COc1ccc(Cl)cc1CC(=O)OCC(=O)NNC(=O)c1ccccc1F. The van der Waals surface area contributed by atoms with Crippen LogP contribution in [0.3, 0.4) is 0 Å². The highest BCUT2D eigenvalue weighted by atomic mass is 35.5. The van der Waals surface area contributed by atoms with Crippen molar-refractivity contribution < 1.29 is 28.2 Å². The molecule has 0 fully saturated rings. The van der Waals surface area contributed by atoms with E-state index in [2.05, 4.69) is 0 Å². The quantitative estimate of drug-likeness (QED) is 0.577. The molecule has 0 aliphatic carbocycles. The minimum atomic E-state index is -0.837. The van der Waals surface area contributed by atoms with E-state index < -0.39 is 30.2 Å². The average molecular weight is 395 g/mol. The number of methoxy groups -OCH3 is 1. The van der Waals surface area contributed by atoms with Gasteiger partial charge in [-0.1, -0.05) is 23.7 Å². The van der Waals surface area contributed by atoms with E-state index in [9.17, 15) is 18.8 Å². The van der Waals surface area contributed by atoms with E-state index in [1.807, 2.05) is 10.9 Å². The van der Waals surface area contributed by atoms with Gasteiger partial charge in [-0.2, -0.15) is 0 Å². The van der Waals surface area contributed by atoms with E-state index in [-0.39, 0.29) is 12.0 Å². The highest BCUT2D eigenvalue weighted by Crippen LogP contribution is 2.23. The predicted octanol–water partition coefficient (Wildman–Crippen LogP) is 2.03. The normalized spacial score (nSPS) is 10.0. The first-order valence-corrected chi connectivity index (χ1v) is 8.10. The summed E-state index contributed by atoms with van der Waals surface area (Å²) >= 11 is 5.88. The average Bonchev–Trinajstić information content (AvgIpc) is 2.65. The summed E-state index contributed by atoms with van der Waals surface area (Å²) in [7, 11) is 1.45. The number of hydrogen-bond donors (Lipinski definition) is 2. The molecule has 2 amide bonds. The van der Waals surface area contributed by atoms with Crippen LogP contribution >= 0.6 is 11.6 Å². The smallest absolute Gasteiger partial charge is 0.310 e. The number of hydrogen-bond acceptors (Lipinski definition) is 5. The fourth-order valence-corrected chi connectivity index (χ4v) is 2.31. The van der Waals surface area contributed by atoms with Gasteiger partial charge in [0.15, 0.2) is 6.61 Å². The van der Waals surface area contributed by atoms with E-state index in [4.69, 9.17) is 21.1 Å². The van der Waals surface area contributed by atoms with Crippen LogP contribution < -0.4 is 15.6 Å². The summed E-state index contributed by atoms with van der Waals surface area (Å²) in [6.07, 6.45) is -0.154. The molecule has 2 aromatic carbocycles. The van der Waals surface area contributed by atoms with Crippen LogP contribution in [-0.4, -0.2) is 31.5 Å². The van der Waals surface area contributed by atoms with Crippen molar-refractivity contribution in [2.45, 2.75) is 6.42 Å². The Labute approximate surface area is 159 Å². The summed E-state index contributed by atoms with van der Waals surface area (Å²) in [6, 6.07) is 10.1. The van der Waals surface area contributed by atoms with E-state index in [1.54, 1.807) is 18.2 Å². The molecule has 0 radical (unpaired) electrons. The lowest BCUT2D eigenvalue weighted by Crippen LogP contribution is -2.43. The molecule has 142 valence electrons. The fourth-order valence-electron chi connectivity index (χ4n) is 2.11. The van der Waals surface area contributed by atoms with Gasteiger partial charge in [-0.3, -0.25) is 25.2 Å². The zero-order valence-electron chi connectivity index (χ0n) is 14.3. The number of rotatable bonds is 6. The van der Waals surface area contributed by atoms with Gasteiger partial charge in [0.1, 0.15) is 11.6 Å². The molecular formula is C18H16ClFN2O5. The van der Waals surface area contributed by atoms with Crippen LogP contribution in [0.25, 0.3) is 0 Å². The predicted molar refractivity (Wildman–Crippen MR) is 94.7 cm³/mol. The molecular weight excluding hydrogens is 379 g/mol. The topological polar surface area (TPSA) is 93.7 Å². The summed E-state index contributed by atoms with van der Waals surface area (Å²) in [5.41, 5.74) is 4.33.